The number of hydrogen-bond acceptors (Lipinski definition) is 4. The molecule has 2 aliphatic rings. The summed E-state index contributed by atoms with van der Waals surface area (Å²) < 4.78 is 0. The van der Waals surface area contributed by atoms with Gasteiger partial charge in [-0.15, -0.1) is 0 Å². The normalized spacial score (nSPS) is 18.6. The first-order chi connectivity index (χ1) is 11.6. The minimum Gasteiger partial charge on any atom is -0.351 e. The first-order valence-corrected chi connectivity index (χ1v) is 7.67. The summed E-state index contributed by atoms with van der Waals surface area (Å²) in [5, 5.41) is 17.4. The first kappa shape index (κ1) is 14.5. The standard InChI is InChI=1S/C17H11N3O3S/c21-16-12-4-2-1-3-11(12)15-13(16)14(18-17(24)19-15)9-5-7-10(8-6-9)20(22)23/h1-8,14H,(H2,18,19,24)/t14-/m0/s1. The van der Waals surface area contributed by atoms with Crippen LogP contribution >= 0.6 is 12.2 Å². The van der Waals surface area contributed by atoms with Crippen LogP contribution in [0.25, 0.3) is 5.70 Å². The SMILES string of the molecule is O=C1C2=C(NC(=S)N[C@H]2c2ccc([N+](=O)[O-])cc2)c2ccccc21. The zero-order chi connectivity index (χ0) is 16.8. The lowest BCUT2D eigenvalue weighted by Gasteiger charge is -2.28. The van der Waals surface area contributed by atoms with Gasteiger partial charge in [-0.2, -0.15) is 0 Å². The van der Waals surface area contributed by atoms with Crippen molar-refractivity contribution in [1.82, 2.24) is 10.6 Å². The highest BCUT2D eigenvalue weighted by Crippen LogP contribution is 2.40. The number of nitrogens with zero attached hydrogens (tertiary/aromatic N) is 1. The van der Waals surface area contributed by atoms with Crippen molar-refractivity contribution < 1.29 is 9.72 Å². The minimum absolute atomic E-state index is 0.00509. The number of non-ortho nitro benzene ring substituents is 1. The van der Waals surface area contributed by atoms with E-state index >= 15 is 0 Å². The fourth-order valence-electron chi connectivity index (χ4n) is 3.10. The van der Waals surface area contributed by atoms with Gasteiger partial charge in [-0.1, -0.05) is 24.3 Å². The highest BCUT2D eigenvalue weighted by atomic mass is 32.1. The van der Waals surface area contributed by atoms with Crippen molar-refractivity contribution in [2.45, 2.75) is 6.04 Å². The lowest BCUT2D eigenvalue weighted by Crippen LogP contribution is -2.43. The first-order valence-electron chi connectivity index (χ1n) is 7.26. The number of fused-ring (bicyclic) bond motifs is 2. The van der Waals surface area contributed by atoms with Crippen LogP contribution in [0.4, 0.5) is 5.69 Å². The van der Waals surface area contributed by atoms with E-state index in [-0.39, 0.29) is 11.5 Å². The number of nitro benzene ring substituents is 1. The summed E-state index contributed by atoms with van der Waals surface area (Å²) in [5.74, 6) is -0.0635. The quantitative estimate of drug-likeness (QED) is 0.498. The predicted octanol–water partition coefficient (Wildman–Crippen LogP) is 2.72. The summed E-state index contributed by atoms with van der Waals surface area (Å²) in [7, 11) is 0. The van der Waals surface area contributed by atoms with Crippen molar-refractivity contribution in [3.8, 4) is 0 Å². The van der Waals surface area contributed by atoms with Gasteiger partial charge in [-0.05, 0) is 29.9 Å². The van der Waals surface area contributed by atoms with E-state index in [2.05, 4.69) is 10.6 Å². The number of nitro groups is 1. The summed E-state index contributed by atoms with van der Waals surface area (Å²) >= 11 is 5.27. The molecule has 0 spiro atoms. The summed E-state index contributed by atoms with van der Waals surface area (Å²) in [6.45, 7) is 0. The molecule has 0 saturated carbocycles. The molecule has 7 heteroatoms. The number of hydrogen-bond donors (Lipinski definition) is 2. The second kappa shape index (κ2) is 5.24. The molecular formula is C17H11N3O3S. The molecule has 0 radical (unpaired) electrons. The Morgan fingerprint density at radius 1 is 1.04 bits per heavy atom. The third-order valence-electron chi connectivity index (χ3n) is 4.19. The molecule has 1 atom stereocenters. The third-order valence-corrected chi connectivity index (χ3v) is 4.41. The van der Waals surface area contributed by atoms with Crippen molar-refractivity contribution in [3.05, 3.63) is 80.9 Å². The van der Waals surface area contributed by atoms with Crippen LogP contribution in [0.15, 0.2) is 54.1 Å². The van der Waals surface area contributed by atoms with E-state index in [1.54, 1.807) is 18.2 Å². The monoisotopic (exact) mass is 337 g/mol. The predicted molar refractivity (Wildman–Crippen MR) is 92.4 cm³/mol. The van der Waals surface area contributed by atoms with Crippen LogP contribution in [0.1, 0.15) is 27.5 Å². The van der Waals surface area contributed by atoms with Gasteiger partial charge in [0.05, 0.1) is 22.2 Å². The van der Waals surface area contributed by atoms with Crippen LogP contribution < -0.4 is 10.6 Å². The van der Waals surface area contributed by atoms with Gasteiger partial charge in [0, 0.05) is 23.3 Å². The number of Topliss-reactive ketones (excluding diaryl/α,β-unsaturated/α-hetero) is 1. The molecule has 118 valence electrons. The molecule has 0 bridgehead atoms. The lowest BCUT2D eigenvalue weighted by atomic mass is 9.94. The second-order valence-corrected chi connectivity index (χ2v) is 5.95. The maximum Gasteiger partial charge on any atom is 0.269 e. The Labute approximate surface area is 142 Å². The molecule has 1 heterocycles. The van der Waals surface area contributed by atoms with E-state index in [0.29, 0.717) is 21.9 Å². The Kier molecular flexibility index (Phi) is 3.17. The van der Waals surface area contributed by atoms with E-state index < -0.39 is 11.0 Å². The lowest BCUT2D eigenvalue weighted by molar-refractivity contribution is -0.384. The van der Waals surface area contributed by atoms with Crippen LogP contribution in [0.2, 0.25) is 0 Å². The van der Waals surface area contributed by atoms with E-state index in [1.807, 2.05) is 18.2 Å². The Morgan fingerprint density at radius 3 is 2.38 bits per heavy atom. The van der Waals surface area contributed by atoms with Gasteiger partial charge >= 0.3 is 0 Å². The Hall–Kier alpha value is -3.06. The van der Waals surface area contributed by atoms with Crippen molar-refractivity contribution in [2.24, 2.45) is 0 Å². The van der Waals surface area contributed by atoms with Gasteiger partial charge in [0.25, 0.3) is 5.69 Å². The molecule has 0 saturated heterocycles. The molecule has 1 aliphatic carbocycles. The van der Waals surface area contributed by atoms with Crippen molar-refractivity contribution in [1.29, 1.82) is 0 Å². The number of benzene rings is 2. The molecule has 24 heavy (non-hydrogen) atoms. The minimum atomic E-state index is -0.453. The van der Waals surface area contributed by atoms with Gasteiger partial charge in [0.2, 0.25) is 0 Å². The second-order valence-electron chi connectivity index (χ2n) is 5.54. The molecule has 0 aromatic heterocycles. The number of carbonyl (C=O) groups is 1. The molecule has 1 aliphatic heterocycles. The fraction of sp³-hybridized carbons (Fsp3) is 0.0588. The zero-order valence-electron chi connectivity index (χ0n) is 12.3. The molecule has 0 fully saturated rings. The maximum atomic E-state index is 12.8. The molecule has 2 aromatic carbocycles. The maximum absolute atomic E-state index is 12.8. The van der Waals surface area contributed by atoms with E-state index in [0.717, 1.165) is 11.1 Å². The Bertz CT molecular complexity index is 934. The molecule has 0 amide bonds. The van der Waals surface area contributed by atoms with Crippen LogP contribution in [-0.4, -0.2) is 15.8 Å². The largest absolute Gasteiger partial charge is 0.351 e. The average molecular weight is 337 g/mol. The van der Waals surface area contributed by atoms with Crippen molar-refractivity contribution in [3.63, 3.8) is 0 Å². The molecule has 4 rings (SSSR count). The topological polar surface area (TPSA) is 84.3 Å². The number of nitrogens with one attached hydrogen (secondary N) is 2. The highest BCUT2D eigenvalue weighted by Gasteiger charge is 2.38. The molecular weight excluding hydrogens is 326 g/mol. The van der Waals surface area contributed by atoms with Gasteiger partial charge in [0.1, 0.15) is 0 Å². The van der Waals surface area contributed by atoms with Crippen molar-refractivity contribution >= 4 is 34.5 Å². The summed E-state index contributed by atoms with van der Waals surface area (Å²) in [6.07, 6.45) is 0. The number of rotatable bonds is 2. The van der Waals surface area contributed by atoms with Crippen LogP contribution in [0, 0.1) is 10.1 Å². The van der Waals surface area contributed by atoms with Gasteiger partial charge in [-0.3, -0.25) is 14.9 Å². The summed E-state index contributed by atoms with van der Waals surface area (Å²) in [4.78, 5) is 23.2. The molecule has 2 aromatic rings. The van der Waals surface area contributed by atoms with E-state index in [4.69, 9.17) is 12.2 Å². The average Bonchev–Trinajstić information content (AvgIpc) is 2.87. The molecule has 6 nitrogen and oxygen atoms in total. The molecule has 2 N–H and O–H groups in total. The summed E-state index contributed by atoms with van der Waals surface area (Å²) in [5.41, 5.74) is 3.51. The zero-order valence-corrected chi connectivity index (χ0v) is 13.1. The van der Waals surface area contributed by atoms with Crippen LogP contribution in [-0.2, 0) is 0 Å². The Balaban J connectivity index is 1.82. The number of thiocarbonyl (C=S) groups is 1. The smallest absolute Gasteiger partial charge is 0.269 e. The van der Waals surface area contributed by atoms with E-state index in [9.17, 15) is 14.9 Å². The summed E-state index contributed by atoms with van der Waals surface area (Å²) in [6, 6.07) is 13.1. The van der Waals surface area contributed by atoms with E-state index in [1.165, 1.54) is 12.1 Å². The third kappa shape index (κ3) is 2.10. The van der Waals surface area contributed by atoms with Gasteiger partial charge < -0.3 is 10.6 Å². The van der Waals surface area contributed by atoms with Crippen LogP contribution in [0.5, 0.6) is 0 Å². The van der Waals surface area contributed by atoms with Crippen molar-refractivity contribution in [2.75, 3.05) is 0 Å². The van der Waals surface area contributed by atoms with Gasteiger partial charge in [0.15, 0.2) is 10.9 Å². The highest BCUT2D eigenvalue weighted by molar-refractivity contribution is 7.80. The Morgan fingerprint density at radius 2 is 1.71 bits per heavy atom. The fourth-order valence-corrected chi connectivity index (χ4v) is 3.32. The van der Waals surface area contributed by atoms with Crippen LogP contribution in [0.3, 0.4) is 0 Å². The number of ketones is 1. The van der Waals surface area contributed by atoms with Gasteiger partial charge in [-0.25, -0.2) is 0 Å². The number of carbonyl (C=O) groups excluding carboxylic acids is 1. The molecule has 0 unspecified atom stereocenters.